The molecule has 1 heterocycles. The molecule has 0 aliphatic carbocycles. The zero-order valence-corrected chi connectivity index (χ0v) is 18.9. The van der Waals surface area contributed by atoms with Gasteiger partial charge in [0.15, 0.2) is 9.84 Å². The summed E-state index contributed by atoms with van der Waals surface area (Å²) in [5, 5.41) is 2.49. The third kappa shape index (κ3) is 5.49. The Morgan fingerprint density at radius 2 is 1.77 bits per heavy atom. The molecule has 162 valence electrons. The van der Waals surface area contributed by atoms with Crippen LogP contribution in [0.3, 0.4) is 0 Å². The second-order valence-corrected chi connectivity index (χ2v) is 11.1. The highest BCUT2D eigenvalue weighted by molar-refractivity contribution is 7.92. The van der Waals surface area contributed by atoms with E-state index in [2.05, 4.69) is 29.3 Å². The summed E-state index contributed by atoms with van der Waals surface area (Å²) < 4.78 is 24.5. The van der Waals surface area contributed by atoms with Gasteiger partial charge in [0.2, 0.25) is 0 Å². The number of hydrogen-bond acceptors (Lipinski definition) is 4. The first-order valence-corrected chi connectivity index (χ1v) is 12.2. The second-order valence-electron chi connectivity index (χ2n) is 8.55. The lowest BCUT2D eigenvalue weighted by atomic mass is 9.99. The number of rotatable bonds is 7. The number of amides is 1. The molecular formula is C24H32N2O3S. The SMILES string of the molecule is CC1CCCN(Cc2ccccc2CNC(=O)c2ccc(S(=O)(=O)C(C)C)cc2)C1. The second kappa shape index (κ2) is 9.75. The molecule has 1 N–H and O–H groups in total. The van der Waals surface area contributed by atoms with E-state index >= 15 is 0 Å². The van der Waals surface area contributed by atoms with Gasteiger partial charge in [0.05, 0.1) is 10.1 Å². The minimum Gasteiger partial charge on any atom is -0.348 e. The number of sulfone groups is 1. The van der Waals surface area contributed by atoms with Crippen LogP contribution in [0.1, 0.15) is 55.1 Å². The number of hydrogen-bond donors (Lipinski definition) is 1. The fraction of sp³-hybridized carbons (Fsp3) is 0.458. The van der Waals surface area contributed by atoms with E-state index in [1.54, 1.807) is 26.0 Å². The molecule has 2 aromatic carbocycles. The Morgan fingerprint density at radius 3 is 2.40 bits per heavy atom. The number of likely N-dealkylation sites (tertiary alicyclic amines) is 1. The summed E-state index contributed by atoms with van der Waals surface area (Å²) in [7, 11) is -3.33. The third-order valence-corrected chi connectivity index (χ3v) is 7.93. The van der Waals surface area contributed by atoms with Crippen molar-refractivity contribution in [1.29, 1.82) is 0 Å². The molecule has 1 atom stereocenters. The Kier molecular flexibility index (Phi) is 7.32. The van der Waals surface area contributed by atoms with Gasteiger partial charge in [-0.2, -0.15) is 0 Å². The molecule has 2 aromatic rings. The normalized spacial score (nSPS) is 17.8. The van der Waals surface area contributed by atoms with Gasteiger partial charge >= 0.3 is 0 Å². The maximum absolute atomic E-state index is 12.6. The predicted octanol–water partition coefficient (Wildman–Crippen LogP) is 4.03. The molecule has 0 bridgehead atoms. The van der Waals surface area contributed by atoms with E-state index < -0.39 is 15.1 Å². The van der Waals surface area contributed by atoms with Crippen LogP contribution in [-0.2, 0) is 22.9 Å². The van der Waals surface area contributed by atoms with Crippen LogP contribution in [-0.4, -0.2) is 37.6 Å². The van der Waals surface area contributed by atoms with Crippen molar-refractivity contribution in [3.05, 3.63) is 65.2 Å². The third-order valence-electron chi connectivity index (χ3n) is 5.76. The van der Waals surface area contributed by atoms with E-state index in [4.69, 9.17) is 0 Å². The number of benzene rings is 2. The fourth-order valence-corrected chi connectivity index (χ4v) is 4.96. The van der Waals surface area contributed by atoms with Crippen LogP contribution < -0.4 is 5.32 Å². The van der Waals surface area contributed by atoms with Crippen molar-refractivity contribution < 1.29 is 13.2 Å². The highest BCUT2D eigenvalue weighted by Crippen LogP contribution is 2.20. The van der Waals surface area contributed by atoms with E-state index in [9.17, 15) is 13.2 Å². The molecule has 0 saturated carbocycles. The summed E-state index contributed by atoms with van der Waals surface area (Å²) in [6, 6.07) is 14.4. The zero-order chi connectivity index (χ0) is 21.7. The minimum atomic E-state index is -3.33. The van der Waals surface area contributed by atoms with Gasteiger partial charge in [-0.15, -0.1) is 0 Å². The van der Waals surface area contributed by atoms with Gasteiger partial charge in [0, 0.05) is 25.2 Å². The van der Waals surface area contributed by atoms with E-state index in [1.807, 2.05) is 12.1 Å². The Bertz CT molecular complexity index is 968. The van der Waals surface area contributed by atoms with Crippen LogP contribution in [0.2, 0.25) is 0 Å². The number of nitrogens with zero attached hydrogens (tertiary/aromatic N) is 1. The van der Waals surface area contributed by atoms with Gasteiger partial charge in [-0.05, 0) is 74.5 Å². The summed E-state index contributed by atoms with van der Waals surface area (Å²) in [5.41, 5.74) is 2.81. The lowest BCUT2D eigenvalue weighted by Gasteiger charge is -2.31. The molecule has 0 radical (unpaired) electrons. The summed E-state index contributed by atoms with van der Waals surface area (Å²) >= 11 is 0. The van der Waals surface area contributed by atoms with Gasteiger partial charge in [-0.3, -0.25) is 9.69 Å². The van der Waals surface area contributed by atoms with Crippen LogP contribution in [0.25, 0.3) is 0 Å². The summed E-state index contributed by atoms with van der Waals surface area (Å²) in [6.07, 6.45) is 2.54. The van der Waals surface area contributed by atoms with Crippen molar-refractivity contribution in [2.24, 2.45) is 5.92 Å². The lowest BCUT2D eigenvalue weighted by Crippen LogP contribution is -2.34. The summed E-state index contributed by atoms with van der Waals surface area (Å²) in [4.78, 5) is 15.3. The van der Waals surface area contributed by atoms with Crippen LogP contribution >= 0.6 is 0 Å². The monoisotopic (exact) mass is 428 g/mol. The quantitative estimate of drug-likeness (QED) is 0.723. The number of carbonyl (C=O) groups excluding carboxylic acids is 1. The van der Waals surface area contributed by atoms with Gasteiger partial charge in [-0.25, -0.2) is 8.42 Å². The van der Waals surface area contributed by atoms with Crippen molar-refractivity contribution >= 4 is 15.7 Å². The van der Waals surface area contributed by atoms with E-state index in [1.165, 1.54) is 30.5 Å². The highest BCUT2D eigenvalue weighted by atomic mass is 32.2. The molecule has 1 aliphatic rings. The summed E-state index contributed by atoms with van der Waals surface area (Å²) in [5.74, 6) is 0.526. The van der Waals surface area contributed by atoms with Crippen LogP contribution in [0.4, 0.5) is 0 Å². The number of nitrogens with one attached hydrogen (secondary N) is 1. The molecule has 5 nitrogen and oxygen atoms in total. The number of piperidine rings is 1. The first kappa shape index (κ1) is 22.5. The van der Waals surface area contributed by atoms with Gasteiger partial charge in [0.1, 0.15) is 0 Å². The van der Waals surface area contributed by atoms with Crippen molar-refractivity contribution in [3.63, 3.8) is 0 Å². The van der Waals surface area contributed by atoms with Crippen LogP contribution in [0, 0.1) is 5.92 Å². The molecule has 1 saturated heterocycles. The van der Waals surface area contributed by atoms with Gasteiger partial charge < -0.3 is 5.32 Å². The van der Waals surface area contributed by atoms with Crippen molar-refractivity contribution in [2.75, 3.05) is 13.1 Å². The maximum atomic E-state index is 12.6. The fourth-order valence-electron chi connectivity index (χ4n) is 3.90. The van der Waals surface area contributed by atoms with Gasteiger partial charge in [0.25, 0.3) is 5.91 Å². The average Bonchev–Trinajstić information content (AvgIpc) is 2.73. The van der Waals surface area contributed by atoms with Crippen molar-refractivity contribution in [1.82, 2.24) is 10.2 Å². The standard InChI is InChI=1S/C24H32N2O3S/c1-18(2)30(28,29)23-12-10-20(11-13-23)24(27)25-15-21-8-4-5-9-22(21)17-26-14-6-7-19(3)16-26/h4-5,8-13,18-19H,6-7,14-17H2,1-3H3,(H,25,27). The smallest absolute Gasteiger partial charge is 0.251 e. The molecule has 6 heteroatoms. The van der Waals surface area contributed by atoms with Crippen molar-refractivity contribution in [2.45, 2.75) is 56.8 Å². The Balaban J connectivity index is 1.64. The largest absolute Gasteiger partial charge is 0.348 e. The van der Waals surface area contributed by atoms with Crippen LogP contribution in [0.15, 0.2) is 53.4 Å². The van der Waals surface area contributed by atoms with Crippen LogP contribution in [0.5, 0.6) is 0 Å². The molecule has 30 heavy (non-hydrogen) atoms. The Morgan fingerprint density at radius 1 is 1.10 bits per heavy atom. The predicted molar refractivity (Wildman–Crippen MR) is 120 cm³/mol. The first-order valence-electron chi connectivity index (χ1n) is 10.7. The molecular weight excluding hydrogens is 396 g/mol. The lowest BCUT2D eigenvalue weighted by molar-refractivity contribution is 0.0950. The first-order chi connectivity index (χ1) is 14.3. The van der Waals surface area contributed by atoms with E-state index in [0.717, 1.165) is 31.1 Å². The Labute approximate surface area is 180 Å². The molecule has 1 amide bonds. The molecule has 0 aromatic heterocycles. The molecule has 1 fully saturated rings. The average molecular weight is 429 g/mol. The molecule has 3 rings (SSSR count). The maximum Gasteiger partial charge on any atom is 0.251 e. The minimum absolute atomic E-state index is 0.204. The molecule has 1 aliphatic heterocycles. The molecule has 1 unspecified atom stereocenters. The molecule has 0 spiro atoms. The zero-order valence-electron chi connectivity index (χ0n) is 18.1. The van der Waals surface area contributed by atoms with Crippen molar-refractivity contribution in [3.8, 4) is 0 Å². The van der Waals surface area contributed by atoms with E-state index in [0.29, 0.717) is 12.1 Å². The highest BCUT2D eigenvalue weighted by Gasteiger charge is 2.20. The number of carbonyl (C=O) groups is 1. The summed E-state index contributed by atoms with van der Waals surface area (Å²) in [6.45, 7) is 9.19. The van der Waals surface area contributed by atoms with Gasteiger partial charge in [-0.1, -0.05) is 31.2 Å². The topological polar surface area (TPSA) is 66.5 Å². The van der Waals surface area contributed by atoms with E-state index in [-0.39, 0.29) is 10.8 Å². The Hall–Kier alpha value is -2.18.